The zero-order valence-corrected chi connectivity index (χ0v) is 16.4. The van der Waals surface area contributed by atoms with Crippen LogP contribution in [0.1, 0.15) is 18.8 Å². The molecule has 0 amide bonds. The number of anilines is 1. The molecule has 4 rings (SSSR count). The number of hydrogen-bond acceptors (Lipinski definition) is 6. The lowest BCUT2D eigenvalue weighted by atomic mass is 10.2. The number of imidazole rings is 1. The highest BCUT2D eigenvalue weighted by Gasteiger charge is 2.19. The Morgan fingerprint density at radius 1 is 1.14 bits per heavy atom. The Morgan fingerprint density at radius 3 is 2.75 bits per heavy atom. The maximum Gasteiger partial charge on any atom is 0.184 e. The normalized spacial score (nSPS) is 13.0. The van der Waals surface area contributed by atoms with Gasteiger partial charge in [-0.05, 0) is 51.4 Å². The van der Waals surface area contributed by atoms with Gasteiger partial charge < -0.3 is 20.1 Å². The lowest BCUT2D eigenvalue weighted by molar-refractivity contribution is -0.0971. The van der Waals surface area contributed by atoms with Crippen LogP contribution in [-0.2, 0) is 4.74 Å². The van der Waals surface area contributed by atoms with Crippen molar-refractivity contribution in [2.45, 2.75) is 13.2 Å². The largest absolute Gasteiger partial charge is 0.369 e. The second-order valence-electron chi connectivity index (χ2n) is 7.01. The fourth-order valence-corrected chi connectivity index (χ4v) is 3.35. The second kappa shape index (κ2) is 7.71. The number of aromatic nitrogens is 3. The van der Waals surface area contributed by atoms with Crippen LogP contribution >= 0.6 is 0 Å². The number of benzene rings is 1. The van der Waals surface area contributed by atoms with Gasteiger partial charge in [0.2, 0.25) is 0 Å². The van der Waals surface area contributed by atoms with Crippen LogP contribution in [0.15, 0.2) is 42.5 Å². The summed E-state index contributed by atoms with van der Waals surface area (Å²) in [7, 11) is 4.09. The van der Waals surface area contributed by atoms with Crippen molar-refractivity contribution in [3.63, 3.8) is 0 Å². The van der Waals surface area contributed by atoms with Gasteiger partial charge in [0.25, 0.3) is 0 Å². The summed E-state index contributed by atoms with van der Waals surface area (Å²) in [5.74, 6) is 0.812. The minimum Gasteiger partial charge on any atom is -0.369 e. The molecule has 0 aliphatic carbocycles. The first-order valence-corrected chi connectivity index (χ1v) is 9.47. The Bertz CT molecular complexity index is 1120. The fourth-order valence-electron chi connectivity index (χ4n) is 3.35. The summed E-state index contributed by atoms with van der Waals surface area (Å²) >= 11 is 0. The molecule has 0 radical (unpaired) electrons. The van der Waals surface area contributed by atoms with Gasteiger partial charge in [-0.1, -0.05) is 12.1 Å². The topological polar surface area (TPSA) is 74.9 Å². The molecule has 7 nitrogen and oxygen atoms in total. The zero-order chi connectivity index (χ0) is 19.7. The van der Waals surface area contributed by atoms with Crippen molar-refractivity contribution in [1.29, 1.82) is 0 Å². The lowest BCUT2D eigenvalue weighted by Gasteiger charge is -2.15. The van der Waals surface area contributed by atoms with Crippen molar-refractivity contribution in [3.8, 4) is 0 Å². The fraction of sp³-hybridized carbons (Fsp3) is 0.333. The number of aliphatic hydroxyl groups excluding tert-OH is 1. The molecule has 146 valence electrons. The van der Waals surface area contributed by atoms with Crippen molar-refractivity contribution >= 4 is 33.5 Å². The van der Waals surface area contributed by atoms with Gasteiger partial charge in [-0.15, -0.1) is 0 Å². The molecule has 1 aromatic carbocycles. The molecule has 0 fully saturated rings. The molecular weight excluding hydrogens is 354 g/mol. The highest BCUT2D eigenvalue weighted by Crippen LogP contribution is 2.29. The van der Waals surface area contributed by atoms with E-state index in [4.69, 9.17) is 14.7 Å². The number of likely N-dealkylation sites (N-methyl/N-ethyl adjacent to an activating group) is 1. The van der Waals surface area contributed by atoms with Crippen LogP contribution < -0.4 is 5.32 Å². The number of fused-ring (bicyclic) bond motifs is 5. The third-order valence-electron chi connectivity index (χ3n) is 4.70. The predicted molar refractivity (Wildman–Crippen MR) is 112 cm³/mol. The number of rotatable bonds is 7. The minimum atomic E-state index is -1.04. The number of ether oxygens (including phenoxy) is 1. The van der Waals surface area contributed by atoms with Crippen molar-refractivity contribution < 1.29 is 9.84 Å². The third kappa shape index (κ3) is 3.40. The number of para-hydroxylation sites is 2. The summed E-state index contributed by atoms with van der Waals surface area (Å²) in [4.78, 5) is 11.7. The number of aliphatic hydroxyl groups is 1. The van der Waals surface area contributed by atoms with Crippen LogP contribution in [-0.4, -0.2) is 58.2 Å². The summed E-state index contributed by atoms with van der Waals surface area (Å²) < 4.78 is 7.44. The molecule has 1 atom stereocenters. The molecule has 0 bridgehead atoms. The maximum atomic E-state index is 10.5. The first-order chi connectivity index (χ1) is 13.6. The smallest absolute Gasteiger partial charge is 0.184 e. The van der Waals surface area contributed by atoms with Crippen LogP contribution in [0.5, 0.6) is 0 Å². The van der Waals surface area contributed by atoms with Gasteiger partial charge in [-0.2, -0.15) is 0 Å². The molecule has 1 unspecified atom stereocenters. The summed E-state index contributed by atoms with van der Waals surface area (Å²) in [6, 6.07) is 13.8. The Kier molecular flexibility index (Phi) is 5.13. The maximum absolute atomic E-state index is 10.5. The number of nitrogens with one attached hydrogen (secondary N) is 1. The Morgan fingerprint density at radius 2 is 1.96 bits per heavy atom. The van der Waals surface area contributed by atoms with Gasteiger partial charge in [-0.3, -0.25) is 4.40 Å². The molecule has 0 saturated heterocycles. The van der Waals surface area contributed by atoms with E-state index in [1.165, 1.54) is 0 Å². The van der Waals surface area contributed by atoms with E-state index >= 15 is 0 Å². The Hall–Kier alpha value is -2.74. The summed E-state index contributed by atoms with van der Waals surface area (Å²) in [6.07, 6.45) is -1.04. The van der Waals surface area contributed by atoms with E-state index in [0.29, 0.717) is 17.8 Å². The van der Waals surface area contributed by atoms with E-state index in [1.54, 1.807) is 0 Å². The standard InChI is InChI=1S/C21H25N5O2/c1-4-28-21(27)15-13-14-9-10-18(22-11-12-25(2)3)24-19(14)26-17-8-6-5-7-16(17)23-20(15)26/h5-10,13,21,27H,4,11-12H2,1-3H3,(H,22,24). The van der Waals surface area contributed by atoms with E-state index in [2.05, 4.69) is 10.2 Å². The average molecular weight is 379 g/mol. The quantitative estimate of drug-likeness (QED) is 0.481. The van der Waals surface area contributed by atoms with Crippen molar-refractivity contribution in [2.24, 2.45) is 0 Å². The van der Waals surface area contributed by atoms with Gasteiger partial charge in [0, 0.05) is 25.1 Å². The molecule has 0 aliphatic heterocycles. The molecule has 28 heavy (non-hydrogen) atoms. The molecular formula is C21H25N5O2. The molecule has 0 spiro atoms. The van der Waals surface area contributed by atoms with Crippen molar-refractivity contribution in [1.82, 2.24) is 19.3 Å². The van der Waals surface area contributed by atoms with E-state index in [9.17, 15) is 5.11 Å². The molecule has 3 heterocycles. The van der Waals surface area contributed by atoms with Gasteiger partial charge in [-0.25, -0.2) is 9.97 Å². The summed E-state index contributed by atoms with van der Waals surface area (Å²) in [5, 5.41) is 14.8. The highest BCUT2D eigenvalue weighted by molar-refractivity contribution is 5.90. The van der Waals surface area contributed by atoms with E-state index < -0.39 is 6.29 Å². The Labute approximate surface area is 163 Å². The minimum absolute atomic E-state index is 0.415. The van der Waals surface area contributed by atoms with E-state index in [1.807, 2.05) is 67.9 Å². The van der Waals surface area contributed by atoms with Crippen LogP contribution in [0, 0.1) is 0 Å². The second-order valence-corrected chi connectivity index (χ2v) is 7.01. The van der Waals surface area contributed by atoms with Crippen LogP contribution in [0.3, 0.4) is 0 Å². The van der Waals surface area contributed by atoms with Gasteiger partial charge >= 0.3 is 0 Å². The highest BCUT2D eigenvalue weighted by atomic mass is 16.6. The van der Waals surface area contributed by atoms with E-state index in [0.717, 1.165) is 41.0 Å². The molecule has 0 aliphatic rings. The van der Waals surface area contributed by atoms with Crippen molar-refractivity contribution in [3.05, 3.63) is 48.0 Å². The molecule has 4 aromatic rings. The lowest BCUT2D eigenvalue weighted by Crippen LogP contribution is -2.21. The van der Waals surface area contributed by atoms with Crippen LogP contribution in [0.2, 0.25) is 0 Å². The molecule has 0 saturated carbocycles. The van der Waals surface area contributed by atoms with Crippen molar-refractivity contribution in [2.75, 3.05) is 39.1 Å². The summed E-state index contributed by atoms with van der Waals surface area (Å²) in [6.45, 7) is 4.00. The molecule has 3 aromatic heterocycles. The monoisotopic (exact) mass is 379 g/mol. The SMILES string of the molecule is CCOC(O)c1cc2ccc(NCCN(C)C)nc2n2c1nc1ccccc12. The molecule has 7 heteroatoms. The van der Waals surface area contributed by atoms with E-state index in [-0.39, 0.29) is 0 Å². The number of pyridine rings is 2. The average Bonchev–Trinajstić information content (AvgIpc) is 3.07. The summed E-state index contributed by atoms with van der Waals surface area (Å²) in [5.41, 5.74) is 3.90. The Balaban J connectivity index is 1.91. The number of nitrogens with zero attached hydrogens (tertiary/aromatic N) is 4. The van der Waals surface area contributed by atoms with Gasteiger partial charge in [0.05, 0.1) is 16.6 Å². The zero-order valence-electron chi connectivity index (χ0n) is 16.4. The molecule has 2 N–H and O–H groups in total. The first kappa shape index (κ1) is 18.6. The van der Waals surface area contributed by atoms with Crippen LogP contribution in [0.4, 0.5) is 5.82 Å². The number of hydrogen-bond donors (Lipinski definition) is 2. The van der Waals surface area contributed by atoms with Gasteiger partial charge in [0.1, 0.15) is 17.1 Å². The first-order valence-electron chi connectivity index (χ1n) is 9.47. The van der Waals surface area contributed by atoms with Gasteiger partial charge in [0.15, 0.2) is 6.29 Å². The predicted octanol–water partition coefficient (Wildman–Crippen LogP) is 3.04. The third-order valence-corrected chi connectivity index (χ3v) is 4.70. The van der Waals surface area contributed by atoms with Crippen LogP contribution in [0.25, 0.3) is 27.7 Å².